The molecule has 0 saturated heterocycles. The van der Waals surface area contributed by atoms with Crippen LogP contribution in [-0.4, -0.2) is 51.2 Å². The van der Waals surface area contributed by atoms with Crippen molar-refractivity contribution in [2.75, 3.05) is 20.2 Å². The van der Waals surface area contributed by atoms with Crippen molar-refractivity contribution in [1.82, 2.24) is 20.3 Å². The summed E-state index contributed by atoms with van der Waals surface area (Å²) in [6.45, 7) is 5.47. The third kappa shape index (κ3) is 8.76. The molecule has 0 aliphatic rings. The van der Waals surface area contributed by atoms with Crippen molar-refractivity contribution < 1.29 is 27.5 Å². The molecule has 4 rings (SSSR count). The van der Waals surface area contributed by atoms with Crippen LogP contribution in [0.4, 0.5) is 4.79 Å². The second kappa shape index (κ2) is 13.9. The monoisotopic (exact) mass is 635 g/mol. The van der Waals surface area contributed by atoms with Crippen molar-refractivity contribution in [3.63, 3.8) is 0 Å². The first-order valence-corrected chi connectivity index (χ1v) is 16.0. The lowest BCUT2D eigenvalue weighted by atomic mass is 10.0. The molecule has 1 atom stereocenters. The summed E-state index contributed by atoms with van der Waals surface area (Å²) in [6.07, 6.45) is -0.372. The van der Waals surface area contributed by atoms with E-state index in [4.69, 9.17) is 14.5 Å². The van der Waals surface area contributed by atoms with Crippen LogP contribution in [0.5, 0.6) is 5.75 Å². The van der Waals surface area contributed by atoms with Gasteiger partial charge in [-0.1, -0.05) is 18.2 Å². The maximum absolute atomic E-state index is 13.7. The van der Waals surface area contributed by atoms with E-state index >= 15 is 0 Å². The van der Waals surface area contributed by atoms with Crippen molar-refractivity contribution in [2.45, 2.75) is 43.7 Å². The van der Waals surface area contributed by atoms with Crippen molar-refractivity contribution in [2.24, 2.45) is 0 Å². The average molecular weight is 636 g/mol. The number of nitriles is 1. The third-order valence-electron chi connectivity index (χ3n) is 6.19. The van der Waals surface area contributed by atoms with Crippen LogP contribution in [0.25, 0.3) is 10.2 Å². The Bertz CT molecular complexity index is 1810. The Kier molecular flexibility index (Phi) is 10.2. The summed E-state index contributed by atoms with van der Waals surface area (Å²) in [5.41, 5.74) is 1.39. The molecule has 0 aliphatic carbocycles. The maximum Gasteiger partial charge on any atom is 0.407 e. The number of thiazole rings is 1. The van der Waals surface area contributed by atoms with Gasteiger partial charge in [0.2, 0.25) is 10.0 Å². The van der Waals surface area contributed by atoms with Gasteiger partial charge in [-0.15, -0.1) is 11.3 Å². The van der Waals surface area contributed by atoms with E-state index in [0.717, 1.165) is 10.3 Å². The predicted molar refractivity (Wildman–Crippen MR) is 167 cm³/mol. The zero-order valence-electron chi connectivity index (χ0n) is 24.7. The number of aromatic nitrogens is 1. The lowest BCUT2D eigenvalue weighted by Crippen LogP contribution is -2.37. The molecule has 3 N–H and O–H groups in total. The van der Waals surface area contributed by atoms with Crippen molar-refractivity contribution in [3.05, 3.63) is 88.4 Å². The van der Waals surface area contributed by atoms with Crippen molar-refractivity contribution >= 4 is 43.6 Å². The highest BCUT2D eigenvalue weighted by Gasteiger charge is 2.26. The summed E-state index contributed by atoms with van der Waals surface area (Å²) >= 11 is 1.34. The minimum absolute atomic E-state index is 0.101. The van der Waals surface area contributed by atoms with E-state index in [1.54, 1.807) is 58.2 Å². The molecule has 3 aromatic carbocycles. The second-order valence-corrected chi connectivity index (χ2v) is 13.6. The molecule has 1 aromatic heterocycles. The number of rotatable bonds is 11. The standard InChI is InChI=1S/C31H33N5O6S2/c1-31(2,3)42-30(38)34-14-13-33-28(37)22-9-6-10-24(17-22)44(39,40)36-26(16-20-7-5-8-21(15-20)19-32)29-35-25-12-11-23(41-4)18-27(25)43-29/h5-12,15,17-18,26,36H,13-14,16H2,1-4H3,(H,33,37)(H,34,38). The third-order valence-corrected chi connectivity index (χ3v) is 8.79. The van der Waals surface area contributed by atoms with Crippen molar-refractivity contribution in [1.29, 1.82) is 5.26 Å². The van der Waals surface area contributed by atoms with E-state index in [1.165, 1.54) is 35.6 Å². The number of carbonyl (C=O) groups is 2. The Balaban J connectivity index is 1.53. The number of carbonyl (C=O) groups excluding carboxylic acids is 2. The quantitative estimate of drug-likeness (QED) is 0.200. The predicted octanol–water partition coefficient (Wildman–Crippen LogP) is 4.69. The number of ether oxygens (including phenoxy) is 2. The Labute approximate surface area is 260 Å². The van der Waals surface area contributed by atoms with Crippen LogP contribution in [0.15, 0.2) is 71.6 Å². The molecule has 4 aromatic rings. The van der Waals surface area contributed by atoms with E-state index < -0.39 is 33.7 Å². The molecular weight excluding hydrogens is 603 g/mol. The SMILES string of the molecule is COc1ccc2nc(C(Cc3cccc(C#N)c3)NS(=O)(=O)c3cccc(C(=O)NCCNC(=O)OC(C)(C)C)c3)sc2c1. The highest BCUT2D eigenvalue weighted by Crippen LogP contribution is 2.32. The lowest BCUT2D eigenvalue weighted by Gasteiger charge is -2.19. The first-order chi connectivity index (χ1) is 20.9. The van der Waals surface area contributed by atoms with Gasteiger partial charge in [-0.25, -0.2) is 22.9 Å². The Morgan fingerprint density at radius 3 is 2.50 bits per heavy atom. The minimum Gasteiger partial charge on any atom is -0.497 e. The van der Waals surface area contributed by atoms with Crippen LogP contribution < -0.4 is 20.1 Å². The number of hydrogen-bond acceptors (Lipinski definition) is 9. The van der Waals surface area contributed by atoms with Crippen molar-refractivity contribution in [3.8, 4) is 11.8 Å². The first-order valence-electron chi connectivity index (χ1n) is 13.7. The molecule has 13 heteroatoms. The first kappa shape index (κ1) is 32.4. The van der Waals surface area contributed by atoms with Gasteiger partial charge in [0.05, 0.1) is 39.9 Å². The molecule has 44 heavy (non-hydrogen) atoms. The largest absolute Gasteiger partial charge is 0.497 e. The Morgan fingerprint density at radius 2 is 1.77 bits per heavy atom. The molecule has 0 radical (unpaired) electrons. The zero-order valence-corrected chi connectivity index (χ0v) is 26.3. The summed E-state index contributed by atoms with van der Waals surface area (Å²) in [4.78, 5) is 29.2. The number of amides is 2. The maximum atomic E-state index is 13.7. The fraction of sp³-hybridized carbons (Fsp3) is 0.290. The summed E-state index contributed by atoms with van der Waals surface area (Å²) in [7, 11) is -2.56. The topological polar surface area (TPSA) is 160 Å². The molecule has 11 nitrogen and oxygen atoms in total. The number of nitrogens with zero attached hydrogens (tertiary/aromatic N) is 2. The van der Waals surface area contributed by atoms with Gasteiger partial charge in [0.25, 0.3) is 5.91 Å². The summed E-state index contributed by atoms with van der Waals surface area (Å²) < 4.78 is 41.4. The molecule has 0 spiro atoms. The fourth-order valence-corrected chi connectivity index (χ4v) is 6.57. The number of alkyl carbamates (subject to hydrolysis) is 1. The van der Waals surface area contributed by atoms with Crippen LogP contribution in [0, 0.1) is 11.3 Å². The van der Waals surface area contributed by atoms with E-state index in [-0.39, 0.29) is 30.0 Å². The van der Waals surface area contributed by atoms with Gasteiger partial charge >= 0.3 is 6.09 Å². The summed E-state index contributed by atoms with van der Waals surface area (Å²) in [6, 6.07) is 19.4. The lowest BCUT2D eigenvalue weighted by molar-refractivity contribution is 0.0526. The Hall–Kier alpha value is -4.51. The van der Waals surface area contributed by atoms with Gasteiger partial charge in [0, 0.05) is 18.7 Å². The van der Waals surface area contributed by atoms with Gasteiger partial charge in [-0.3, -0.25) is 4.79 Å². The fourth-order valence-electron chi connectivity index (χ4n) is 4.20. The molecule has 230 valence electrons. The number of benzene rings is 3. The van der Waals surface area contributed by atoms with E-state index in [1.807, 2.05) is 12.1 Å². The number of methoxy groups -OCH3 is 1. The number of fused-ring (bicyclic) bond motifs is 1. The molecule has 0 aliphatic heterocycles. The highest BCUT2D eigenvalue weighted by molar-refractivity contribution is 7.89. The van der Waals surface area contributed by atoms with Gasteiger partial charge in [0.1, 0.15) is 16.4 Å². The summed E-state index contributed by atoms with van der Waals surface area (Å²) in [5.74, 6) is 0.153. The van der Waals surface area contributed by atoms with E-state index in [9.17, 15) is 23.3 Å². The van der Waals surface area contributed by atoms with E-state index in [0.29, 0.717) is 21.8 Å². The second-order valence-electron chi connectivity index (χ2n) is 10.8. The number of sulfonamides is 1. The molecule has 0 saturated carbocycles. The molecule has 2 amide bonds. The molecule has 1 heterocycles. The Morgan fingerprint density at radius 1 is 1.02 bits per heavy atom. The number of nitrogens with one attached hydrogen (secondary N) is 3. The van der Waals surface area contributed by atoms with Gasteiger partial charge in [-0.2, -0.15) is 5.26 Å². The zero-order chi connectivity index (χ0) is 31.9. The average Bonchev–Trinajstić information content (AvgIpc) is 3.41. The van der Waals surface area contributed by atoms with Crippen LogP contribution in [-0.2, 0) is 21.2 Å². The number of hydrogen-bond donors (Lipinski definition) is 3. The van der Waals surface area contributed by atoms with Gasteiger partial charge < -0.3 is 20.1 Å². The highest BCUT2D eigenvalue weighted by atomic mass is 32.2. The minimum atomic E-state index is -4.13. The van der Waals surface area contributed by atoms with Crippen LogP contribution in [0.3, 0.4) is 0 Å². The van der Waals surface area contributed by atoms with Crippen LogP contribution in [0.1, 0.15) is 53.3 Å². The van der Waals surface area contributed by atoms with Gasteiger partial charge in [0.15, 0.2) is 0 Å². The molecule has 1 unspecified atom stereocenters. The van der Waals surface area contributed by atoms with Crippen LogP contribution >= 0.6 is 11.3 Å². The molecular formula is C31H33N5O6S2. The summed E-state index contributed by atoms with van der Waals surface area (Å²) in [5, 5.41) is 15.1. The van der Waals surface area contributed by atoms with Crippen LogP contribution in [0.2, 0.25) is 0 Å². The van der Waals surface area contributed by atoms with E-state index in [2.05, 4.69) is 21.4 Å². The molecule has 0 bridgehead atoms. The van der Waals surface area contributed by atoms with Gasteiger partial charge in [-0.05, 0) is 81.3 Å². The molecule has 0 fully saturated rings. The smallest absolute Gasteiger partial charge is 0.407 e. The normalized spacial score (nSPS) is 12.2.